The van der Waals surface area contributed by atoms with Gasteiger partial charge in [0.2, 0.25) is 5.91 Å². The molecule has 2 heterocycles. The summed E-state index contributed by atoms with van der Waals surface area (Å²) < 4.78 is 15.7. The van der Waals surface area contributed by atoms with E-state index in [1.807, 2.05) is 31.2 Å². The number of carbonyl (C=O) groups is 1. The summed E-state index contributed by atoms with van der Waals surface area (Å²) in [4.78, 5) is 35.6. The van der Waals surface area contributed by atoms with Gasteiger partial charge in [0.1, 0.15) is 17.4 Å². The van der Waals surface area contributed by atoms with Gasteiger partial charge in [0, 0.05) is 7.05 Å². The number of hydrogen-bond acceptors (Lipinski definition) is 5. The van der Waals surface area contributed by atoms with Crippen molar-refractivity contribution in [3.05, 3.63) is 70.0 Å². The van der Waals surface area contributed by atoms with Crippen LogP contribution in [0.3, 0.4) is 0 Å². The van der Waals surface area contributed by atoms with E-state index in [1.54, 1.807) is 11.9 Å². The number of aromatic nitrogens is 3. The zero-order chi connectivity index (χ0) is 19.8. The van der Waals surface area contributed by atoms with E-state index in [1.165, 1.54) is 34.4 Å². The zero-order valence-electron chi connectivity index (χ0n) is 15.3. The Kier molecular flexibility index (Phi) is 4.64. The normalized spacial score (nSPS) is 12.4. The second kappa shape index (κ2) is 7.12. The van der Waals surface area contributed by atoms with Gasteiger partial charge in [0.25, 0.3) is 5.56 Å². The van der Waals surface area contributed by atoms with E-state index in [2.05, 4.69) is 9.97 Å². The SMILES string of the molecule is CC(c1nc2ccccc2s1)N(C)C(=O)Cn1cnc2ccc(F)cc2c1=O. The molecule has 4 aromatic rings. The molecule has 0 radical (unpaired) electrons. The van der Waals surface area contributed by atoms with Gasteiger partial charge >= 0.3 is 0 Å². The fourth-order valence-corrected chi connectivity index (χ4v) is 4.01. The summed E-state index contributed by atoms with van der Waals surface area (Å²) >= 11 is 1.54. The van der Waals surface area contributed by atoms with E-state index in [0.717, 1.165) is 21.3 Å². The molecule has 4 rings (SSSR count). The number of rotatable bonds is 4. The van der Waals surface area contributed by atoms with E-state index in [9.17, 15) is 14.0 Å². The van der Waals surface area contributed by atoms with Gasteiger partial charge in [0.05, 0.1) is 33.5 Å². The lowest BCUT2D eigenvalue weighted by atomic mass is 10.2. The number of likely N-dealkylation sites (N-methyl/N-ethyl adjacent to an activating group) is 1. The van der Waals surface area contributed by atoms with Crippen LogP contribution in [0.4, 0.5) is 4.39 Å². The lowest BCUT2D eigenvalue weighted by Crippen LogP contribution is -2.35. The number of benzene rings is 2. The molecule has 0 saturated carbocycles. The van der Waals surface area contributed by atoms with Crippen LogP contribution in [0.25, 0.3) is 21.1 Å². The zero-order valence-corrected chi connectivity index (χ0v) is 16.1. The highest BCUT2D eigenvalue weighted by atomic mass is 32.1. The fourth-order valence-electron chi connectivity index (χ4n) is 2.95. The van der Waals surface area contributed by atoms with E-state index < -0.39 is 11.4 Å². The van der Waals surface area contributed by atoms with Gasteiger partial charge in [-0.15, -0.1) is 11.3 Å². The monoisotopic (exact) mass is 396 g/mol. The van der Waals surface area contributed by atoms with Crippen molar-refractivity contribution in [2.24, 2.45) is 0 Å². The van der Waals surface area contributed by atoms with Crippen LogP contribution in [-0.4, -0.2) is 32.4 Å². The Hall–Kier alpha value is -3.13. The highest BCUT2D eigenvalue weighted by Gasteiger charge is 2.21. The summed E-state index contributed by atoms with van der Waals surface area (Å²) in [6.45, 7) is 1.72. The van der Waals surface area contributed by atoms with Crippen LogP contribution >= 0.6 is 11.3 Å². The van der Waals surface area contributed by atoms with Gasteiger partial charge in [-0.1, -0.05) is 12.1 Å². The second-order valence-corrected chi connectivity index (χ2v) is 7.60. The molecule has 0 spiro atoms. The lowest BCUT2D eigenvalue weighted by molar-refractivity contribution is -0.132. The predicted molar refractivity (Wildman–Crippen MR) is 107 cm³/mol. The first-order chi connectivity index (χ1) is 13.4. The second-order valence-electron chi connectivity index (χ2n) is 6.54. The number of fused-ring (bicyclic) bond motifs is 2. The summed E-state index contributed by atoms with van der Waals surface area (Å²) in [5, 5.41) is 0.972. The number of amides is 1. The predicted octanol–water partition coefficient (Wildman–Crippen LogP) is 3.36. The third-order valence-corrected chi connectivity index (χ3v) is 5.94. The quantitative estimate of drug-likeness (QED) is 0.530. The molecule has 2 aromatic carbocycles. The third kappa shape index (κ3) is 3.27. The van der Waals surface area contributed by atoms with Crippen LogP contribution in [0, 0.1) is 5.82 Å². The maximum atomic E-state index is 13.5. The molecule has 0 aliphatic rings. The molecule has 1 unspecified atom stereocenters. The molecule has 0 saturated heterocycles. The Balaban J connectivity index is 1.58. The molecule has 0 aliphatic heterocycles. The van der Waals surface area contributed by atoms with Gasteiger partial charge in [-0.2, -0.15) is 0 Å². The molecule has 0 N–H and O–H groups in total. The number of halogens is 1. The first-order valence-corrected chi connectivity index (χ1v) is 9.51. The lowest BCUT2D eigenvalue weighted by Gasteiger charge is -2.23. The smallest absolute Gasteiger partial charge is 0.261 e. The number of nitrogens with zero attached hydrogens (tertiary/aromatic N) is 4. The number of para-hydroxylation sites is 1. The maximum Gasteiger partial charge on any atom is 0.261 e. The molecule has 0 bridgehead atoms. The number of hydrogen-bond donors (Lipinski definition) is 0. The third-order valence-electron chi connectivity index (χ3n) is 4.73. The number of thiazole rings is 1. The van der Waals surface area contributed by atoms with Gasteiger partial charge in [-0.05, 0) is 37.3 Å². The standard InChI is InChI=1S/C20H17FN4O2S/c1-12(19-23-16-5-3-4-6-17(16)28-19)24(2)18(26)10-25-11-22-15-8-7-13(21)9-14(15)20(25)27/h3-9,11-12H,10H2,1-2H3. The van der Waals surface area contributed by atoms with Crippen molar-refractivity contribution < 1.29 is 9.18 Å². The van der Waals surface area contributed by atoms with Crippen molar-refractivity contribution in [1.29, 1.82) is 0 Å². The Bertz CT molecular complexity index is 1220. The van der Waals surface area contributed by atoms with E-state index >= 15 is 0 Å². The molecule has 8 heteroatoms. The minimum atomic E-state index is -0.517. The minimum Gasteiger partial charge on any atom is -0.335 e. The van der Waals surface area contributed by atoms with Gasteiger partial charge in [0.15, 0.2) is 0 Å². The van der Waals surface area contributed by atoms with Crippen molar-refractivity contribution in [3.8, 4) is 0 Å². The Morgan fingerprint density at radius 3 is 2.82 bits per heavy atom. The number of carbonyl (C=O) groups excluding carboxylic acids is 1. The molecular weight excluding hydrogens is 379 g/mol. The average Bonchev–Trinajstić information content (AvgIpc) is 3.13. The van der Waals surface area contributed by atoms with Crippen LogP contribution in [0.5, 0.6) is 0 Å². The van der Waals surface area contributed by atoms with Crippen molar-refractivity contribution in [1.82, 2.24) is 19.4 Å². The summed E-state index contributed by atoms with van der Waals surface area (Å²) in [5.74, 6) is -0.775. The molecule has 0 aliphatic carbocycles. The van der Waals surface area contributed by atoms with Gasteiger partial charge in [-0.3, -0.25) is 14.2 Å². The molecule has 6 nitrogen and oxygen atoms in total. The van der Waals surface area contributed by atoms with E-state index in [4.69, 9.17) is 0 Å². The topological polar surface area (TPSA) is 68.1 Å². The Labute approximate surface area is 163 Å². The molecular formula is C20H17FN4O2S. The van der Waals surface area contributed by atoms with Crippen LogP contribution in [0.15, 0.2) is 53.6 Å². The summed E-state index contributed by atoms with van der Waals surface area (Å²) in [7, 11) is 1.68. The largest absolute Gasteiger partial charge is 0.335 e. The molecule has 2 aromatic heterocycles. The van der Waals surface area contributed by atoms with Crippen LogP contribution < -0.4 is 5.56 Å². The van der Waals surface area contributed by atoms with Crippen molar-refractivity contribution >= 4 is 38.4 Å². The highest BCUT2D eigenvalue weighted by molar-refractivity contribution is 7.18. The van der Waals surface area contributed by atoms with E-state index in [0.29, 0.717) is 5.52 Å². The summed E-state index contributed by atoms with van der Waals surface area (Å²) in [6.07, 6.45) is 1.32. The van der Waals surface area contributed by atoms with Gasteiger partial charge in [-0.25, -0.2) is 14.4 Å². The van der Waals surface area contributed by atoms with E-state index in [-0.39, 0.29) is 23.9 Å². The molecule has 1 amide bonds. The van der Waals surface area contributed by atoms with Crippen LogP contribution in [-0.2, 0) is 11.3 Å². The van der Waals surface area contributed by atoms with Gasteiger partial charge < -0.3 is 4.90 Å². The maximum absolute atomic E-state index is 13.5. The fraction of sp³-hybridized carbons (Fsp3) is 0.200. The van der Waals surface area contributed by atoms with Crippen LogP contribution in [0.1, 0.15) is 18.0 Å². The first kappa shape index (κ1) is 18.2. The summed E-state index contributed by atoms with van der Waals surface area (Å²) in [5.41, 5.74) is 0.845. The average molecular weight is 396 g/mol. The molecule has 1 atom stereocenters. The molecule has 0 fully saturated rings. The Morgan fingerprint density at radius 2 is 2.04 bits per heavy atom. The highest BCUT2D eigenvalue weighted by Crippen LogP contribution is 2.28. The Morgan fingerprint density at radius 1 is 1.25 bits per heavy atom. The van der Waals surface area contributed by atoms with Crippen molar-refractivity contribution in [2.75, 3.05) is 7.05 Å². The minimum absolute atomic E-state index is 0.150. The first-order valence-electron chi connectivity index (χ1n) is 8.70. The van der Waals surface area contributed by atoms with Crippen molar-refractivity contribution in [2.45, 2.75) is 19.5 Å². The van der Waals surface area contributed by atoms with Crippen LogP contribution in [0.2, 0.25) is 0 Å². The molecule has 28 heavy (non-hydrogen) atoms. The van der Waals surface area contributed by atoms with Crippen molar-refractivity contribution in [3.63, 3.8) is 0 Å². The molecule has 142 valence electrons. The summed E-state index contributed by atoms with van der Waals surface area (Å²) in [6, 6.07) is 11.4.